The van der Waals surface area contributed by atoms with E-state index in [0.29, 0.717) is 0 Å². The van der Waals surface area contributed by atoms with Crippen LogP contribution in [0.4, 0.5) is 0 Å². The molecule has 1 aromatic rings. The molecule has 0 spiro atoms. The third-order valence-corrected chi connectivity index (χ3v) is 4.29. The second kappa shape index (κ2) is 4.90. The Morgan fingerprint density at radius 2 is 2.22 bits per heavy atom. The summed E-state index contributed by atoms with van der Waals surface area (Å²) in [5, 5.41) is 3.72. The van der Waals surface area contributed by atoms with Gasteiger partial charge in [-0.2, -0.15) is 0 Å². The highest BCUT2D eigenvalue weighted by Crippen LogP contribution is 2.43. The van der Waals surface area contributed by atoms with Crippen LogP contribution in [0.1, 0.15) is 31.2 Å². The third-order valence-electron chi connectivity index (χ3n) is 4.29. The second-order valence-electron chi connectivity index (χ2n) is 5.20. The van der Waals surface area contributed by atoms with E-state index in [1.165, 1.54) is 18.4 Å². The van der Waals surface area contributed by atoms with Crippen LogP contribution in [0.25, 0.3) is 0 Å². The zero-order valence-electron chi connectivity index (χ0n) is 10.9. The molecule has 2 atom stereocenters. The van der Waals surface area contributed by atoms with Crippen molar-refractivity contribution in [2.24, 2.45) is 0 Å². The Labute approximate surface area is 108 Å². The van der Waals surface area contributed by atoms with Gasteiger partial charge in [0.1, 0.15) is 5.75 Å². The quantitative estimate of drug-likeness (QED) is 0.870. The predicted octanol–water partition coefficient (Wildman–Crippen LogP) is 2.45. The van der Waals surface area contributed by atoms with E-state index in [0.717, 1.165) is 31.7 Å². The summed E-state index contributed by atoms with van der Waals surface area (Å²) in [7, 11) is 1.75. The summed E-state index contributed by atoms with van der Waals surface area (Å²) >= 11 is 0. The number of para-hydroxylation sites is 1. The van der Waals surface area contributed by atoms with Crippen molar-refractivity contribution in [2.45, 2.75) is 37.3 Å². The van der Waals surface area contributed by atoms with E-state index < -0.39 is 0 Å². The largest absolute Gasteiger partial charge is 0.496 e. The lowest BCUT2D eigenvalue weighted by atomic mass is 9.73. The van der Waals surface area contributed by atoms with Gasteiger partial charge in [0.15, 0.2) is 0 Å². The third kappa shape index (κ3) is 1.82. The summed E-state index contributed by atoms with van der Waals surface area (Å²) in [6.45, 7) is 1.75. The van der Waals surface area contributed by atoms with Crippen LogP contribution >= 0.6 is 0 Å². The minimum atomic E-state index is -0.0386. The van der Waals surface area contributed by atoms with Gasteiger partial charge in [0.05, 0.1) is 25.4 Å². The maximum Gasteiger partial charge on any atom is 0.124 e. The van der Waals surface area contributed by atoms with Crippen LogP contribution in [0.5, 0.6) is 5.75 Å². The number of fused-ring (bicyclic) bond motifs is 1. The van der Waals surface area contributed by atoms with Crippen LogP contribution in [-0.2, 0) is 10.3 Å². The van der Waals surface area contributed by atoms with Gasteiger partial charge in [-0.3, -0.25) is 0 Å². The number of morpholine rings is 1. The number of nitrogens with one attached hydrogen (secondary N) is 1. The van der Waals surface area contributed by atoms with Crippen molar-refractivity contribution in [3.8, 4) is 5.75 Å². The van der Waals surface area contributed by atoms with E-state index in [9.17, 15) is 0 Å². The lowest BCUT2D eigenvalue weighted by Crippen LogP contribution is -2.59. The summed E-state index contributed by atoms with van der Waals surface area (Å²) in [5.74, 6) is 0.974. The molecule has 2 aliphatic rings. The summed E-state index contributed by atoms with van der Waals surface area (Å²) in [5.41, 5.74) is 1.22. The molecule has 2 unspecified atom stereocenters. The number of methoxy groups -OCH3 is 1. The fourth-order valence-electron chi connectivity index (χ4n) is 3.46. The van der Waals surface area contributed by atoms with E-state index in [2.05, 4.69) is 17.4 Å². The minimum absolute atomic E-state index is 0.0386. The fourth-order valence-corrected chi connectivity index (χ4v) is 3.46. The Bertz CT molecular complexity index is 407. The molecule has 1 N–H and O–H groups in total. The van der Waals surface area contributed by atoms with Gasteiger partial charge in [-0.1, -0.05) is 31.0 Å². The van der Waals surface area contributed by atoms with Gasteiger partial charge in [0.25, 0.3) is 0 Å². The van der Waals surface area contributed by atoms with Crippen LogP contribution in [0.15, 0.2) is 24.3 Å². The van der Waals surface area contributed by atoms with Gasteiger partial charge < -0.3 is 14.8 Å². The first-order chi connectivity index (χ1) is 8.87. The zero-order valence-corrected chi connectivity index (χ0v) is 10.9. The van der Waals surface area contributed by atoms with E-state index in [4.69, 9.17) is 9.47 Å². The highest BCUT2D eigenvalue weighted by atomic mass is 16.5. The number of ether oxygens (including phenoxy) is 2. The molecule has 0 aromatic heterocycles. The van der Waals surface area contributed by atoms with E-state index in [1.807, 2.05) is 12.1 Å². The summed E-state index contributed by atoms with van der Waals surface area (Å²) in [4.78, 5) is 0. The van der Waals surface area contributed by atoms with Gasteiger partial charge in [0, 0.05) is 12.1 Å². The minimum Gasteiger partial charge on any atom is -0.496 e. The van der Waals surface area contributed by atoms with Gasteiger partial charge in [-0.05, 0) is 18.9 Å². The van der Waals surface area contributed by atoms with Crippen LogP contribution in [0.2, 0.25) is 0 Å². The molecule has 3 rings (SSSR count). The molecule has 0 amide bonds. The number of benzene rings is 1. The molecule has 1 saturated heterocycles. The molecule has 3 nitrogen and oxygen atoms in total. The Kier molecular flexibility index (Phi) is 3.27. The Morgan fingerprint density at radius 1 is 1.33 bits per heavy atom. The predicted molar refractivity (Wildman–Crippen MR) is 70.9 cm³/mol. The first-order valence-electron chi connectivity index (χ1n) is 6.87. The maximum atomic E-state index is 6.02. The fraction of sp³-hybridized carbons (Fsp3) is 0.600. The average Bonchev–Trinajstić information content (AvgIpc) is 2.47. The van der Waals surface area contributed by atoms with Crippen LogP contribution in [0, 0.1) is 0 Å². The molecule has 1 saturated carbocycles. The molecular weight excluding hydrogens is 226 g/mol. The van der Waals surface area contributed by atoms with Crippen LogP contribution < -0.4 is 10.1 Å². The average molecular weight is 247 g/mol. The zero-order chi connectivity index (χ0) is 12.4. The van der Waals surface area contributed by atoms with E-state index in [-0.39, 0.29) is 11.6 Å². The second-order valence-corrected chi connectivity index (χ2v) is 5.20. The lowest BCUT2D eigenvalue weighted by Gasteiger charge is -2.48. The first-order valence-corrected chi connectivity index (χ1v) is 6.87. The standard InChI is InChI=1S/C15H21NO2/c1-17-13-7-3-2-6-12(13)15-9-5-4-8-14(15)18-11-10-16-15/h2-3,6-7,14,16H,4-5,8-11H2,1H3. The number of rotatable bonds is 2. The van der Waals surface area contributed by atoms with Crippen molar-refractivity contribution in [1.29, 1.82) is 0 Å². The van der Waals surface area contributed by atoms with Crippen molar-refractivity contribution in [3.63, 3.8) is 0 Å². The molecule has 1 aromatic carbocycles. The highest BCUT2D eigenvalue weighted by Gasteiger charge is 2.46. The summed E-state index contributed by atoms with van der Waals surface area (Å²) in [6, 6.07) is 8.35. The van der Waals surface area contributed by atoms with Gasteiger partial charge in [0.2, 0.25) is 0 Å². The van der Waals surface area contributed by atoms with Crippen molar-refractivity contribution < 1.29 is 9.47 Å². The smallest absolute Gasteiger partial charge is 0.124 e. The highest BCUT2D eigenvalue weighted by molar-refractivity contribution is 5.41. The van der Waals surface area contributed by atoms with Crippen molar-refractivity contribution >= 4 is 0 Å². The van der Waals surface area contributed by atoms with E-state index in [1.54, 1.807) is 7.11 Å². The molecule has 0 bridgehead atoms. The first kappa shape index (κ1) is 12.0. The van der Waals surface area contributed by atoms with Crippen molar-refractivity contribution in [1.82, 2.24) is 5.32 Å². The Morgan fingerprint density at radius 3 is 3.11 bits per heavy atom. The molecule has 0 radical (unpaired) electrons. The lowest BCUT2D eigenvalue weighted by molar-refractivity contribution is -0.0763. The summed E-state index contributed by atoms with van der Waals surface area (Å²) < 4.78 is 11.6. The normalized spacial score (nSPS) is 31.7. The van der Waals surface area contributed by atoms with Gasteiger partial charge >= 0.3 is 0 Å². The Hall–Kier alpha value is -1.06. The van der Waals surface area contributed by atoms with Gasteiger partial charge in [-0.15, -0.1) is 0 Å². The SMILES string of the molecule is COc1ccccc1C12CCCCC1OCCN2. The molecule has 2 fully saturated rings. The van der Waals surface area contributed by atoms with Crippen LogP contribution in [-0.4, -0.2) is 26.4 Å². The van der Waals surface area contributed by atoms with Crippen molar-refractivity contribution in [3.05, 3.63) is 29.8 Å². The molecule has 3 heteroatoms. The maximum absolute atomic E-state index is 6.02. The molecule has 18 heavy (non-hydrogen) atoms. The monoisotopic (exact) mass is 247 g/mol. The van der Waals surface area contributed by atoms with Gasteiger partial charge in [-0.25, -0.2) is 0 Å². The van der Waals surface area contributed by atoms with Crippen molar-refractivity contribution in [2.75, 3.05) is 20.3 Å². The molecular formula is C15H21NO2. The Balaban J connectivity index is 2.04. The van der Waals surface area contributed by atoms with E-state index >= 15 is 0 Å². The topological polar surface area (TPSA) is 30.5 Å². The molecule has 1 aliphatic carbocycles. The van der Waals surface area contributed by atoms with Crippen LogP contribution in [0.3, 0.4) is 0 Å². The summed E-state index contributed by atoms with van der Waals surface area (Å²) in [6.07, 6.45) is 5.09. The molecule has 1 aliphatic heterocycles. The molecule has 1 heterocycles. The molecule has 98 valence electrons. The number of hydrogen-bond acceptors (Lipinski definition) is 3. The number of hydrogen-bond donors (Lipinski definition) is 1.